The minimum Gasteiger partial charge on any atom is -0.482 e. The number of carbonyl (C=O) groups excluding carboxylic acids is 1. The van der Waals surface area contributed by atoms with Gasteiger partial charge in [-0.2, -0.15) is 5.26 Å². The third-order valence-electron chi connectivity index (χ3n) is 6.75. The molecular weight excluding hydrogens is 312 g/mol. The summed E-state index contributed by atoms with van der Waals surface area (Å²) in [7, 11) is 0. The van der Waals surface area contributed by atoms with E-state index in [0.717, 1.165) is 17.8 Å². The van der Waals surface area contributed by atoms with Gasteiger partial charge < -0.3 is 10.1 Å². The maximum absolute atomic E-state index is 12.4. The van der Waals surface area contributed by atoms with Crippen molar-refractivity contribution in [3.8, 4) is 11.8 Å². The molecule has 25 heavy (non-hydrogen) atoms. The number of nitriles is 1. The topological polar surface area (TPSA) is 62.1 Å². The molecule has 132 valence electrons. The van der Waals surface area contributed by atoms with E-state index in [1.165, 1.54) is 38.5 Å². The summed E-state index contributed by atoms with van der Waals surface area (Å²) in [6.07, 6.45) is 8.06. The third-order valence-corrected chi connectivity index (χ3v) is 6.75. The zero-order chi connectivity index (χ0) is 17.4. The van der Waals surface area contributed by atoms with Crippen molar-refractivity contribution in [3.05, 3.63) is 29.8 Å². The summed E-state index contributed by atoms with van der Waals surface area (Å²) in [4.78, 5) is 12.4. The highest BCUT2D eigenvalue weighted by molar-refractivity contribution is 5.78. The smallest absolute Gasteiger partial charge is 0.258 e. The van der Waals surface area contributed by atoms with E-state index >= 15 is 0 Å². The van der Waals surface area contributed by atoms with E-state index in [4.69, 9.17) is 10.00 Å². The number of para-hydroxylation sites is 1. The van der Waals surface area contributed by atoms with Crippen molar-refractivity contribution < 1.29 is 9.53 Å². The predicted molar refractivity (Wildman–Crippen MR) is 94.9 cm³/mol. The van der Waals surface area contributed by atoms with Crippen LogP contribution in [0.2, 0.25) is 0 Å². The molecule has 0 radical (unpaired) electrons. The van der Waals surface area contributed by atoms with Crippen molar-refractivity contribution in [2.75, 3.05) is 6.61 Å². The van der Waals surface area contributed by atoms with Gasteiger partial charge in [-0.25, -0.2) is 0 Å². The second-order valence-electron chi connectivity index (χ2n) is 8.47. The van der Waals surface area contributed by atoms with Crippen LogP contribution < -0.4 is 10.1 Å². The average molecular weight is 338 g/mol. The quantitative estimate of drug-likeness (QED) is 0.891. The van der Waals surface area contributed by atoms with E-state index < -0.39 is 0 Å². The number of nitrogens with one attached hydrogen (secondary N) is 1. The Bertz CT molecular complexity index is 671. The number of amides is 1. The lowest BCUT2D eigenvalue weighted by Crippen LogP contribution is -2.56. The molecule has 0 saturated heterocycles. The Morgan fingerprint density at radius 3 is 2.44 bits per heavy atom. The van der Waals surface area contributed by atoms with Crippen molar-refractivity contribution in [2.45, 2.75) is 51.5 Å². The fourth-order valence-corrected chi connectivity index (χ4v) is 5.97. The Kier molecular flexibility index (Phi) is 4.19. The van der Waals surface area contributed by atoms with E-state index in [9.17, 15) is 4.79 Å². The molecule has 4 fully saturated rings. The number of ether oxygens (including phenoxy) is 1. The van der Waals surface area contributed by atoms with Gasteiger partial charge in [-0.05, 0) is 80.8 Å². The van der Waals surface area contributed by atoms with Crippen LogP contribution in [0.5, 0.6) is 5.75 Å². The van der Waals surface area contributed by atoms with Gasteiger partial charge in [0, 0.05) is 6.04 Å². The van der Waals surface area contributed by atoms with Crippen molar-refractivity contribution in [1.82, 2.24) is 5.32 Å². The van der Waals surface area contributed by atoms with Crippen LogP contribution in [-0.2, 0) is 4.79 Å². The standard InChI is InChI=1S/C21H26N2O2/c1-14(21-9-15-6-16(10-21)8-17(7-15)11-21)23-20(24)13-25-19-5-3-2-4-18(19)12-22/h2-5,14-17H,6-11,13H2,1H3,(H,23,24). The van der Waals surface area contributed by atoms with Crippen LogP contribution in [0.15, 0.2) is 24.3 Å². The predicted octanol–water partition coefficient (Wildman–Crippen LogP) is 3.66. The molecule has 5 rings (SSSR count). The Hall–Kier alpha value is -2.02. The van der Waals surface area contributed by atoms with E-state index in [-0.39, 0.29) is 18.6 Å². The van der Waals surface area contributed by atoms with Crippen LogP contribution in [0, 0.1) is 34.5 Å². The van der Waals surface area contributed by atoms with Crippen LogP contribution >= 0.6 is 0 Å². The Labute approximate surface area is 149 Å². The van der Waals surface area contributed by atoms with Crippen LogP contribution in [0.25, 0.3) is 0 Å². The lowest BCUT2D eigenvalue weighted by molar-refractivity contribution is -0.127. The fourth-order valence-electron chi connectivity index (χ4n) is 5.97. The zero-order valence-corrected chi connectivity index (χ0v) is 14.8. The van der Waals surface area contributed by atoms with E-state index in [1.54, 1.807) is 18.2 Å². The summed E-state index contributed by atoms with van der Waals surface area (Å²) in [5.41, 5.74) is 0.763. The molecule has 1 amide bonds. The minimum atomic E-state index is -0.0870. The Morgan fingerprint density at radius 1 is 1.24 bits per heavy atom. The summed E-state index contributed by atoms with van der Waals surface area (Å²) in [5, 5.41) is 12.3. The van der Waals surface area contributed by atoms with Crippen molar-refractivity contribution in [1.29, 1.82) is 5.26 Å². The van der Waals surface area contributed by atoms with E-state index in [1.807, 2.05) is 6.07 Å². The monoisotopic (exact) mass is 338 g/mol. The molecule has 4 bridgehead atoms. The molecule has 4 aliphatic carbocycles. The molecule has 0 heterocycles. The first-order valence-electron chi connectivity index (χ1n) is 9.49. The van der Waals surface area contributed by atoms with Gasteiger partial charge in [0.25, 0.3) is 5.91 Å². The largest absolute Gasteiger partial charge is 0.482 e. The molecule has 1 aromatic carbocycles. The average Bonchev–Trinajstić information content (AvgIpc) is 2.59. The lowest BCUT2D eigenvalue weighted by atomic mass is 9.48. The van der Waals surface area contributed by atoms with Gasteiger partial charge in [-0.15, -0.1) is 0 Å². The normalized spacial score (nSPS) is 33.5. The van der Waals surface area contributed by atoms with Crippen molar-refractivity contribution in [2.24, 2.45) is 23.2 Å². The number of hydrogen-bond donors (Lipinski definition) is 1. The maximum atomic E-state index is 12.4. The number of hydrogen-bond acceptors (Lipinski definition) is 3. The summed E-state index contributed by atoms with van der Waals surface area (Å²) < 4.78 is 5.58. The first-order valence-corrected chi connectivity index (χ1v) is 9.49. The first kappa shape index (κ1) is 16.4. The molecule has 4 saturated carbocycles. The maximum Gasteiger partial charge on any atom is 0.258 e. The van der Waals surface area contributed by atoms with Gasteiger partial charge in [0.15, 0.2) is 6.61 Å². The van der Waals surface area contributed by atoms with Gasteiger partial charge >= 0.3 is 0 Å². The molecule has 1 unspecified atom stereocenters. The number of carbonyl (C=O) groups is 1. The fraction of sp³-hybridized carbons (Fsp3) is 0.619. The van der Waals surface area contributed by atoms with Crippen LogP contribution in [-0.4, -0.2) is 18.6 Å². The lowest BCUT2D eigenvalue weighted by Gasteiger charge is -2.59. The van der Waals surface area contributed by atoms with Crippen molar-refractivity contribution in [3.63, 3.8) is 0 Å². The van der Waals surface area contributed by atoms with E-state index in [2.05, 4.69) is 18.3 Å². The molecule has 4 aliphatic rings. The molecule has 0 spiro atoms. The summed E-state index contributed by atoms with van der Waals surface area (Å²) in [5.74, 6) is 3.02. The highest BCUT2D eigenvalue weighted by Crippen LogP contribution is 2.61. The summed E-state index contributed by atoms with van der Waals surface area (Å²) in [6.45, 7) is 2.14. The van der Waals surface area contributed by atoms with Crippen molar-refractivity contribution >= 4 is 5.91 Å². The number of nitrogens with zero attached hydrogens (tertiary/aromatic N) is 1. The first-order chi connectivity index (χ1) is 12.1. The molecule has 1 N–H and O–H groups in total. The Morgan fingerprint density at radius 2 is 1.84 bits per heavy atom. The number of rotatable bonds is 5. The highest BCUT2D eigenvalue weighted by Gasteiger charge is 2.53. The molecule has 1 atom stereocenters. The second-order valence-corrected chi connectivity index (χ2v) is 8.47. The highest BCUT2D eigenvalue weighted by atomic mass is 16.5. The molecule has 0 aliphatic heterocycles. The third kappa shape index (κ3) is 3.13. The molecular formula is C21H26N2O2. The number of benzene rings is 1. The van der Waals surface area contributed by atoms with Crippen LogP contribution in [0.4, 0.5) is 0 Å². The van der Waals surface area contributed by atoms with Gasteiger partial charge in [-0.3, -0.25) is 4.79 Å². The zero-order valence-electron chi connectivity index (χ0n) is 14.8. The van der Waals surface area contributed by atoms with Gasteiger partial charge in [0.05, 0.1) is 5.56 Å². The summed E-state index contributed by atoms with van der Waals surface area (Å²) >= 11 is 0. The summed E-state index contributed by atoms with van der Waals surface area (Å²) in [6, 6.07) is 9.32. The van der Waals surface area contributed by atoms with Gasteiger partial charge in [-0.1, -0.05) is 12.1 Å². The molecule has 1 aromatic rings. The van der Waals surface area contributed by atoms with Gasteiger partial charge in [0.1, 0.15) is 11.8 Å². The second kappa shape index (κ2) is 6.37. The van der Waals surface area contributed by atoms with Crippen LogP contribution in [0.3, 0.4) is 0 Å². The molecule has 0 aromatic heterocycles. The van der Waals surface area contributed by atoms with E-state index in [0.29, 0.717) is 16.7 Å². The SMILES string of the molecule is CC(NC(=O)COc1ccccc1C#N)C12CC3CC(CC(C3)C1)C2. The van der Waals surface area contributed by atoms with Crippen LogP contribution in [0.1, 0.15) is 51.0 Å². The minimum absolute atomic E-state index is 0.0323. The van der Waals surface area contributed by atoms with Gasteiger partial charge in [0.2, 0.25) is 0 Å². The molecule has 4 nitrogen and oxygen atoms in total. The Balaban J connectivity index is 1.36. The molecule has 4 heteroatoms.